The molecule has 1 aromatic heterocycles. The van der Waals surface area contributed by atoms with Crippen molar-refractivity contribution in [1.29, 1.82) is 0 Å². The van der Waals surface area contributed by atoms with Gasteiger partial charge in [0.05, 0.1) is 30.6 Å². The van der Waals surface area contributed by atoms with Crippen molar-refractivity contribution in [1.82, 2.24) is 14.7 Å². The summed E-state index contributed by atoms with van der Waals surface area (Å²) in [5.41, 5.74) is -0.188. The lowest BCUT2D eigenvalue weighted by atomic mass is 9.74. The zero-order valence-corrected chi connectivity index (χ0v) is 15.6. The summed E-state index contributed by atoms with van der Waals surface area (Å²) in [6.07, 6.45) is 5.46. The van der Waals surface area contributed by atoms with Crippen molar-refractivity contribution in [2.45, 2.75) is 42.6 Å². The molecule has 0 radical (unpaired) electrons. The van der Waals surface area contributed by atoms with Crippen LogP contribution in [-0.2, 0) is 14.8 Å². The van der Waals surface area contributed by atoms with E-state index in [0.29, 0.717) is 24.3 Å². The van der Waals surface area contributed by atoms with Crippen LogP contribution in [0.5, 0.6) is 5.88 Å². The maximum Gasteiger partial charge on any atom is 0.228 e. The summed E-state index contributed by atoms with van der Waals surface area (Å²) in [4.78, 5) is 11.0. The van der Waals surface area contributed by atoms with E-state index in [4.69, 9.17) is 9.47 Å². The molecule has 1 N–H and O–H groups in total. The van der Waals surface area contributed by atoms with Gasteiger partial charge in [-0.2, -0.15) is 4.98 Å². The molecule has 4 fully saturated rings. The molecule has 3 aliphatic heterocycles. The zero-order valence-electron chi connectivity index (χ0n) is 14.8. The first-order valence-corrected chi connectivity index (χ1v) is 10.8. The van der Waals surface area contributed by atoms with Gasteiger partial charge < -0.3 is 14.4 Å². The third-order valence-electron chi connectivity index (χ3n) is 6.38. The molecule has 1 spiro atoms. The van der Waals surface area contributed by atoms with Gasteiger partial charge in [-0.15, -0.1) is 0 Å². The number of sulfonamides is 1. The van der Waals surface area contributed by atoms with E-state index in [1.165, 1.54) is 0 Å². The highest BCUT2D eigenvalue weighted by Crippen LogP contribution is 2.55. The third-order valence-corrected chi connectivity index (χ3v) is 8.29. The lowest BCUT2D eigenvalue weighted by Gasteiger charge is -2.29. The van der Waals surface area contributed by atoms with Gasteiger partial charge in [-0.05, 0) is 25.7 Å². The Kier molecular flexibility index (Phi) is 3.71. The van der Waals surface area contributed by atoms with Crippen molar-refractivity contribution in [2.24, 2.45) is 11.8 Å². The molecular weight excluding hydrogens is 356 g/mol. The largest absolute Gasteiger partial charge is 0.481 e. The normalized spacial score (nSPS) is 35.7. The Morgan fingerprint density at radius 1 is 1.42 bits per heavy atom. The fraction of sp³-hybridized carbons (Fsp3) is 0.765. The van der Waals surface area contributed by atoms with Gasteiger partial charge in [-0.25, -0.2) is 18.1 Å². The number of ether oxygens (including phenoxy) is 2. The van der Waals surface area contributed by atoms with E-state index >= 15 is 0 Å². The van der Waals surface area contributed by atoms with E-state index in [0.717, 1.165) is 38.8 Å². The van der Waals surface area contributed by atoms with Crippen LogP contribution in [0.3, 0.4) is 0 Å². The summed E-state index contributed by atoms with van der Waals surface area (Å²) in [6, 6.07) is 1.73. The molecule has 4 atom stereocenters. The van der Waals surface area contributed by atoms with Gasteiger partial charge in [0.2, 0.25) is 21.9 Å². The average Bonchev–Trinajstić information content (AvgIpc) is 3.25. The quantitative estimate of drug-likeness (QED) is 0.770. The van der Waals surface area contributed by atoms with Crippen LogP contribution in [0.2, 0.25) is 0 Å². The number of nitrogens with zero attached hydrogens (tertiary/aromatic N) is 3. The van der Waals surface area contributed by atoms with Crippen molar-refractivity contribution in [3.63, 3.8) is 0 Å². The predicted octanol–water partition coefficient (Wildman–Crippen LogP) is 0.551. The molecule has 1 saturated carbocycles. The van der Waals surface area contributed by atoms with E-state index in [-0.39, 0.29) is 22.9 Å². The average molecular weight is 380 g/mol. The Hall–Kier alpha value is -1.45. The Morgan fingerprint density at radius 2 is 2.27 bits per heavy atom. The summed E-state index contributed by atoms with van der Waals surface area (Å²) in [5, 5.41) is -0.179. The van der Waals surface area contributed by atoms with Gasteiger partial charge in [-0.1, -0.05) is 0 Å². The Bertz CT molecular complexity index is 815. The minimum absolute atomic E-state index is 0.162. The maximum atomic E-state index is 12.2. The number of rotatable bonds is 6. The zero-order chi connectivity index (χ0) is 17.9. The molecule has 4 heterocycles. The van der Waals surface area contributed by atoms with Crippen LogP contribution in [0.1, 0.15) is 25.7 Å². The van der Waals surface area contributed by atoms with Crippen molar-refractivity contribution in [3.8, 4) is 5.88 Å². The van der Waals surface area contributed by atoms with Gasteiger partial charge in [-0.3, -0.25) is 0 Å². The van der Waals surface area contributed by atoms with Crippen LogP contribution in [0.25, 0.3) is 0 Å². The number of aromatic nitrogens is 2. The molecule has 0 unspecified atom stereocenters. The molecule has 8 nitrogen and oxygen atoms in total. The molecule has 1 aliphatic carbocycles. The highest BCUT2D eigenvalue weighted by Gasteiger charge is 2.63. The van der Waals surface area contributed by atoms with Crippen LogP contribution in [0, 0.1) is 11.8 Å². The van der Waals surface area contributed by atoms with Gasteiger partial charge in [0.1, 0.15) is 0 Å². The fourth-order valence-electron chi connectivity index (χ4n) is 4.92. The highest BCUT2D eigenvalue weighted by molar-refractivity contribution is 7.90. The maximum absolute atomic E-state index is 12.2. The number of nitrogens with one attached hydrogen (secondary N) is 1. The molecule has 0 amide bonds. The van der Waals surface area contributed by atoms with Gasteiger partial charge in [0, 0.05) is 37.2 Å². The number of hydrogen-bond donors (Lipinski definition) is 1. The number of hydrogen-bond acceptors (Lipinski definition) is 7. The standard InChI is InChI=1S/C17H24N4O4S/c1-24-15-5-7-18-16(20-15)21-9-13-12(8-19-26(22,23)11-2-3-11)14-4-6-17(13,10-21)25-14/h5,7,11-14,19H,2-4,6,8-10H2,1H3/t12-,13+,14+,17+/m0/s1. The van der Waals surface area contributed by atoms with Crippen molar-refractivity contribution in [2.75, 3.05) is 31.6 Å². The molecule has 2 bridgehead atoms. The minimum Gasteiger partial charge on any atom is -0.481 e. The van der Waals surface area contributed by atoms with E-state index in [1.807, 2.05) is 0 Å². The van der Waals surface area contributed by atoms with Crippen LogP contribution >= 0.6 is 0 Å². The van der Waals surface area contributed by atoms with Gasteiger partial charge >= 0.3 is 0 Å². The number of anilines is 1. The van der Waals surface area contributed by atoms with E-state index < -0.39 is 10.0 Å². The first-order chi connectivity index (χ1) is 12.5. The van der Waals surface area contributed by atoms with Crippen LogP contribution in [0.4, 0.5) is 5.95 Å². The monoisotopic (exact) mass is 380 g/mol. The van der Waals surface area contributed by atoms with Crippen molar-refractivity contribution < 1.29 is 17.9 Å². The molecule has 4 aliphatic rings. The summed E-state index contributed by atoms with van der Waals surface area (Å²) in [5.74, 6) is 1.71. The second-order valence-corrected chi connectivity index (χ2v) is 9.95. The topological polar surface area (TPSA) is 93.7 Å². The fourth-order valence-corrected chi connectivity index (χ4v) is 6.34. The van der Waals surface area contributed by atoms with E-state index in [9.17, 15) is 8.42 Å². The summed E-state index contributed by atoms with van der Waals surface area (Å²) >= 11 is 0. The molecule has 142 valence electrons. The molecule has 9 heteroatoms. The highest BCUT2D eigenvalue weighted by atomic mass is 32.2. The molecular formula is C17H24N4O4S. The number of fused-ring (bicyclic) bond motifs is 1. The molecule has 3 saturated heterocycles. The Morgan fingerprint density at radius 3 is 3.04 bits per heavy atom. The summed E-state index contributed by atoms with van der Waals surface area (Å²) in [6.45, 7) is 2.02. The predicted molar refractivity (Wildman–Crippen MR) is 94.6 cm³/mol. The lowest BCUT2D eigenvalue weighted by molar-refractivity contribution is 0.0141. The molecule has 1 aromatic rings. The first kappa shape index (κ1) is 16.7. The summed E-state index contributed by atoms with van der Waals surface area (Å²) in [7, 11) is -1.56. The lowest BCUT2D eigenvalue weighted by Crippen LogP contribution is -2.42. The van der Waals surface area contributed by atoms with E-state index in [1.54, 1.807) is 19.4 Å². The third kappa shape index (κ3) is 2.59. The molecule has 5 rings (SSSR count). The van der Waals surface area contributed by atoms with E-state index in [2.05, 4.69) is 19.6 Å². The SMILES string of the molecule is COc1ccnc(N2C[C@@H]3[C@H](CNS(=O)(=O)C4CC4)[C@H]4CC[C@]3(C2)O4)n1. The first-order valence-electron chi connectivity index (χ1n) is 9.29. The molecule has 26 heavy (non-hydrogen) atoms. The van der Waals surface area contributed by atoms with Crippen molar-refractivity contribution in [3.05, 3.63) is 12.3 Å². The van der Waals surface area contributed by atoms with Gasteiger partial charge in [0.25, 0.3) is 0 Å². The second-order valence-electron chi connectivity index (χ2n) is 7.90. The van der Waals surface area contributed by atoms with Crippen LogP contribution < -0.4 is 14.4 Å². The molecule has 0 aromatic carbocycles. The van der Waals surface area contributed by atoms with Crippen LogP contribution in [0.15, 0.2) is 12.3 Å². The van der Waals surface area contributed by atoms with Crippen molar-refractivity contribution >= 4 is 16.0 Å². The Labute approximate surface area is 153 Å². The summed E-state index contributed by atoms with van der Waals surface area (Å²) < 4.78 is 38.9. The minimum atomic E-state index is -3.16. The number of methoxy groups -OCH3 is 1. The smallest absolute Gasteiger partial charge is 0.228 e. The van der Waals surface area contributed by atoms with Gasteiger partial charge in [0.15, 0.2) is 0 Å². The van der Waals surface area contributed by atoms with Crippen LogP contribution in [-0.4, -0.2) is 62.1 Å². The second kappa shape index (κ2) is 5.77. The Balaban J connectivity index is 1.33.